The molecule has 0 atom stereocenters. The lowest BCUT2D eigenvalue weighted by atomic mass is 9.99. The Bertz CT molecular complexity index is 434. The van der Waals surface area contributed by atoms with E-state index in [1.807, 2.05) is 6.92 Å². The van der Waals surface area contributed by atoms with Crippen LogP contribution in [0, 0.1) is 6.92 Å². The van der Waals surface area contributed by atoms with Crippen molar-refractivity contribution in [3.05, 3.63) is 29.3 Å². The lowest BCUT2D eigenvalue weighted by Crippen LogP contribution is -2.43. The molecule has 2 rings (SSSR count). The molecule has 1 aliphatic carbocycles. The molecule has 0 bridgehead atoms. The first kappa shape index (κ1) is 12.0. The van der Waals surface area contributed by atoms with Gasteiger partial charge >= 0.3 is 0 Å². The van der Waals surface area contributed by atoms with Crippen molar-refractivity contribution in [3.8, 4) is 5.75 Å². The van der Waals surface area contributed by atoms with E-state index in [2.05, 4.69) is 12.2 Å². The first-order chi connectivity index (χ1) is 8.00. The van der Waals surface area contributed by atoms with Gasteiger partial charge in [-0.25, -0.2) is 0 Å². The average molecular weight is 233 g/mol. The monoisotopic (exact) mass is 233 g/mol. The summed E-state index contributed by atoms with van der Waals surface area (Å²) in [6, 6.07) is 4.85. The van der Waals surface area contributed by atoms with Gasteiger partial charge in [0.2, 0.25) is 0 Å². The van der Waals surface area contributed by atoms with Gasteiger partial charge in [0.1, 0.15) is 5.75 Å². The number of aryl methyl sites for hydroxylation is 1. The summed E-state index contributed by atoms with van der Waals surface area (Å²) in [5.74, 6) is 0.165. The molecule has 17 heavy (non-hydrogen) atoms. The second kappa shape index (κ2) is 4.40. The van der Waals surface area contributed by atoms with Gasteiger partial charge in [-0.05, 0) is 50.5 Å². The standard InChI is InChI=1S/C14H19NO2/c1-10-9-11(16)5-6-12(10)13(17)15-14(2)7-3-4-8-14/h5-6,9,16H,3-4,7-8H2,1-2H3,(H,15,17). The number of rotatable bonds is 2. The van der Waals surface area contributed by atoms with Gasteiger partial charge in [-0.3, -0.25) is 4.79 Å². The first-order valence-electron chi connectivity index (χ1n) is 6.12. The van der Waals surface area contributed by atoms with E-state index >= 15 is 0 Å². The number of benzene rings is 1. The number of nitrogens with one attached hydrogen (secondary N) is 1. The maximum Gasteiger partial charge on any atom is 0.251 e. The number of carbonyl (C=O) groups excluding carboxylic acids is 1. The minimum atomic E-state index is -0.0542. The van der Waals surface area contributed by atoms with Crippen LogP contribution in [0.25, 0.3) is 0 Å². The van der Waals surface area contributed by atoms with Crippen molar-refractivity contribution in [2.75, 3.05) is 0 Å². The van der Waals surface area contributed by atoms with E-state index in [9.17, 15) is 9.90 Å². The molecule has 1 amide bonds. The third-order valence-corrected chi connectivity index (χ3v) is 3.58. The molecule has 1 aromatic carbocycles. The zero-order valence-electron chi connectivity index (χ0n) is 10.4. The zero-order valence-corrected chi connectivity index (χ0v) is 10.4. The van der Waals surface area contributed by atoms with Gasteiger partial charge in [0.15, 0.2) is 0 Å². The third-order valence-electron chi connectivity index (χ3n) is 3.58. The van der Waals surface area contributed by atoms with Crippen LogP contribution in [0.5, 0.6) is 5.75 Å². The smallest absolute Gasteiger partial charge is 0.251 e. The van der Waals surface area contributed by atoms with Gasteiger partial charge < -0.3 is 10.4 Å². The zero-order chi connectivity index (χ0) is 12.5. The normalized spacial score (nSPS) is 18.0. The van der Waals surface area contributed by atoms with Crippen molar-refractivity contribution in [1.82, 2.24) is 5.32 Å². The number of hydrogen-bond donors (Lipinski definition) is 2. The number of amides is 1. The van der Waals surface area contributed by atoms with Gasteiger partial charge in [-0.15, -0.1) is 0 Å². The number of hydrogen-bond acceptors (Lipinski definition) is 2. The average Bonchev–Trinajstić information content (AvgIpc) is 2.64. The van der Waals surface area contributed by atoms with Crippen LogP contribution in [0.15, 0.2) is 18.2 Å². The minimum absolute atomic E-state index is 0.0353. The Morgan fingerprint density at radius 2 is 2.00 bits per heavy atom. The van der Waals surface area contributed by atoms with Gasteiger partial charge in [0.25, 0.3) is 5.91 Å². The Morgan fingerprint density at radius 3 is 2.59 bits per heavy atom. The Kier molecular flexibility index (Phi) is 3.09. The SMILES string of the molecule is Cc1cc(O)ccc1C(=O)NC1(C)CCCC1. The molecule has 1 fully saturated rings. The fraction of sp³-hybridized carbons (Fsp3) is 0.500. The fourth-order valence-electron chi connectivity index (χ4n) is 2.52. The van der Waals surface area contributed by atoms with Gasteiger partial charge in [-0.1, -0.05) is 12.8 Å². The molecular weight excluding hydrogens is 214 g/mol. The van der Waals surface area contributed by atoms with Crippen molar-refractivity contribution in [2.45, 2.75) is 45.1 Å². The summed E-state index contributed by atoms with van der Waals surface area (Å²) < 4.78 is 0. The molecule has 3 nitrogen and oxygen atoms in total. The van der Waals surface area contributed by atoms with Crippen molar-refractivity contribution < 1.29 is 9.90 Å². The lowest BCUT2D eigenvalue weighted by Gasteiger charge is -2.25. The van der Waals surface area contributed by atoms with Crippen molar-refractivity contribution >= 4 is 5.91 Å². The van der Waals surface area contributed by atoms with Crippen molar-refractivity contribution in [2.24, 2.45) is 0 Å². The van der Waals surface area contributed by atoms with E-state index in [-0.39, 0.29) is 17.2 Å². The molecule has 0 saturated heterocycles. The molecule has 0 radical (unpaired) electrons. The number of phenolic OH excluding ortho intramolecular Hbond substituents is 1. The van der Waals surface area contributed by atoms with E-state index < -0.39 is 0 Å². The maximum atomic E-state index is 12.1. The summed E-state index contributed by atoms with van der Waals surface area (Å²) in [6.07, 6.45) is 4.47. The number of carbonyl (C=O) groups is 1. The van der Waals surface area contributed by atoms with Crippen LogP contribution in [0.4, 0.5) is 0 Å². The molecule has 0 aliphatic heterocycles. The van der Waals surface area contributed by atoms with Gasteiger partial charge in [0, 0.05) is 11.1 Å². The summed E-state index contributed by atoms with van der Waals surface area (Å²) in [7, 11) is 0. The summed E-state index contributed by atoms with van der Waals surface area (Å²) >= 11 is 0. The van der Waals surface area contributed by atoms with Crippen LogP contribution in [-0.2, 0) is 0 Å². The molecule has 0 heterocycles. The summed E-state index contributed by atoms with van der Waals surface area (Å²) in [6.45, 7) is 3.94. The number of phenols is 1. The molecular formula is C14H19NO2. The second-order valence-corrected chi connectivity index (χ2v) is 5.22. The highest BCUT2D eigenvalue weighted by Crippen LogP contribution is 2.29. The second-order valence-electron chi connectivity index (χ2n) is 5.22. The van der Waals surface area contributed by atoms with E-state index in [4.69, 9.17) is 0 Å². The lowest BCUT2D eigenvalue weighted by molar-refractivity contribution is 0.0907. The summed E-state index contributed by atoms with van der Waals surface area (Å²) in [5.41, 5.74) is 1.40. The molecule has 3 heteroatoms. The molecule has 1 saturated carbocycles. The highest BCUT2D eigenvalue weighted by Gasteiger charge is 2.30. The highest BCUT2D eigenvalue weighted by atomic mass is 16.3. The minimum Gasteiger partial charge on any atom is -0.508 e. The molecule has 1 aliphatic rings. The molecule has 2 N–H and O–H groups in total. The van der Waals surface area contributed by atoms with Crippen LogP contribution < -0.4 is 5.32 Å². The van der Waals surface area contributed by atoms with E-state index in [1.165, 1.54) is 12.8 Å². The van der Waals surface area contributed by atoms with Crippen LogP contribution >= 0.6 is 0 Å². The Labute approximate surface area is 102 Å². The van der Waals surface area contributed by atoms with Crippen molar-refractivity contribution in [1.29, 1.82) is 0 Å². The van der Waals surface area contributed by atoms with Gasteiger partial charge in [-0.2, -0.15) is 0 Å². The van der Waals surface area contributed by atoms with E-state index in [0.717, 1.165) is 18.4 Å². The molecule has 1 aromatic rings. The molecule has 92 valence electrons. The molecule has 0 aromatic heterocycles. The largest absolute Gasteiger partial charge is 0.508 e. The Hall–Kier alpha value is -1.51. The van der Waals surface area contributed by atoms with Crippen LogP contribution in [-0.4, -0.2) is 16.6 Å². The van der Waals surface area contributed by atoms with Crippen LogP contribution in [0.1, 0.15) is 48.5 Å². The maximum absolute atomic E-state index is 12.1. The fourth-order valence-corrected chi connectivity index (χ4v) is 2.52. The molecule has 0 unspecified atom stereocenters. The first-order valence-corrected chi connectivity index (χ1v) is 6.12. The Balaban J connectivity index is 2.14. The van der Waals surface area contributed by atoms with Crippen LogP contribution in [0.3, 0.4) is 0 Å². The Morgan fingerprint density at radius 1 is 1.35 bits per heavy atom. The summed E-state index contributed by atoms with van der Waals surface area (Å²) in [4.78, 5) is 12.1. The summed E-state index contributed by atoms with van der Waals surface area (Å²) in [5, 5.41) is 12.4. The number of aromatic hydroxyl groups is 1. The molecule has 0 spiro atoms. The highest BCUT2D eigenvalue weighted by molar-refractivity contribution is 5.96. The quantitative estimate of drug-likeness (QED) is 0.825. The third kappa shape index (κ3) is 2.60. The van der Waals surface area contributed by atoms with Crippen LogP contribution in [0.2, 0.25) is 0 Å². The predicted molar refractivity (Wildman–Crippen MR) is 67.2 cm³/mol. The van der Waals surface area contributed by atoms with E-state index in [0.29, 0.717) is 5.56 Å². The van der Waals surface area contributed by atoms with Crippen molar-refractivity contribution in [3.63, 3.8) is 0 Å². The van der Waals surface area contributed by atoms with Gasteiger partial charge in [0.05, 0.1) is 0 Å². The topological polar surface area (TPSA) is 49.3 Å². The van der Waals surface area contributed by atoms with E-state index in [1.54, 1.807) is 18.2 Å². The predicted octanol–water partition coefficient (Wildman–Crippen LogP) is 2.76.